The molecule has 0 fully saturated rings. The average Bonchev–Trinajstić information content (AvgIpc) is 3.21. The first-order valence-electron chi connectivity index (χ1n) is 10.4. The number of allylic oxidation sites excluding steroid dienone is 4. The monoisotopic (exact) mass is 451 g/mol. The number of carbonyl (C=O) groups is 3. The van der Waals surface area contributed by atoms with Crippen LogP contribution in [0.25, 0.3) is 0 Å². The zero-order valence-electron chi connectivity index (χ0n) is 19.3. The van der Waals surface area contributed by atoms with Crippen molar-refractivity contribution in [3.63, 3.8) is 0 Å². The first kappa shape index (κ1) is 22.3. The summed E-state index contributed by atoms with van der Waals surface area (Å²) in [4.78, 5) is 38.9. The lowest BCUT2D eigenvalue weighted by Gasteiger charge is -2.29. The second-order valence-corrected chi connectivity index (χ2v) is 8.65. The summed E-state index contributed by atoms with van der Waals surface area (Å²) >= 11 is 0. The largest absolute Gasteiger partial charge is 0.507 e. The fourth-order valence-electron chi connectivity index (χ4n) is 4.51. The van der Waals surface area contributed by atoms with E-state index >= 15 is 0 Å². The lowest BCUT2D eigenvalue weighted by molar-refractivity contribution is -0.123. The van der Waals surface area contributed by atoms with Crippen LogP contribution in [0, 0.1) is 20.8 Å². The maximum absolute atomic E-state index is 13.8. The van der Waals surface area contributed by atoms with Gasteiger partial charge < -0.3 is 20.3 Å². The number of aromatic nitrogens is 2. The van der Waals surface area contributed by atoms with E-state index in [2.05, 4.69) is 15.5 Å². The SMILES string of the molecule is CC(=O)c1c(O)c(C)c(O)c2c1OC1=CC(=O)/C(=C(/C)NCc3c(C)n[nH]c3C)C(=O)[C@]12C. The Kier molecular flexibility index (Phi) is 4.96. The van der Waals surface area contributed by atoms with Gasteiger partial charge >= 0.3 is 0 Å². The summed E-state index contributed by atoms with van der Waals surface area (Å²) in [6.45, 7) is 9.97. The topological polar surface area (TPSA) is 142 Å². The van der Waals surface area contributed by atoms with Crippen LogP contribution in [0.15, 0.2) is 23.1 Å². The predicted octanol–water partition coefficient (Wildman–Crippen LogP) is 2.70. The van der Waals surface area contributed by atoms with E-state index in [0.717, 1.165) is 17.0 Å². The van der Waals surface area contributed by atoms with E-state index in [1.54, 1.807) is 6.92 Å². The number of hydrogen-bond acceptors (Lipinski definition) is 8. The van der Waals surface area contributed by atoms with Crippen molar-refractivity contribution in [1.29, 1.82) is 0 Å². The molecule has 33 heavy (non-hydrogen) atoms. The van der Waals surface area contributed by atoms with Crippen LogP contribution in [0.4, 0.5) is 0 Å². The van der Waals surface area contributed by atoms with Gasteiger partial charge in [0.05, 0.1) is 16.8 Å². The third-order valence-corrected chi connectivity index (χ3v) is 6.57. The second kappa shape index (κ2) is 7.33. The number of ether oxygens (including phenoxy) is 1. The fraction of sp³-hybridized carbons (Fsp3) is 0.333. The van der Waals surface area contributed by atoms with Gasteiger partial charge in [0.1, 0.15) is 34.0 Å². The zero-order valence-corrected chi connectivity index (χ0v) is 19.3. The van der Waals surface area contributed by atoms with E-state index in [0.29, 0.717) is 12.2 Å². The summed E-state index contributed by atoms with van der Waals surface area (Å²) in [5, 5.41) is 31.5. The number of H-pyrrole nitrogens is 1. The van der Waals surface area contributed by atoms with Gasteiger partial charge in [-0.1, -0.05) is 0 Å². The van der Waals surface area contributed by atoms with Crippen molar-refractivity contribution < 1.29 is 29.3 Å². The number of phenolic OH excluding ortho intramolecular Hbond substituents is 2. The number of fused-ring (bicyclic) bond motifs is 3. The molecule has 0 radical (unpaired) electrons. The smallest absolute Gasteiger partial charge is 0.194 e. The maximum Gasteiger partial charge on any atom is 0.194 e. The number of benzene rings is 1. The van der Waals surface area contributed by atoms with Gasteiger partial charge in [0.25, 0.3) is 0 Å². The van der Waals surface area contributed by atoms with E-state index in [1.165, 1.54) is 26.8 Å². The van der Waals surface area contributed by atoms with Gasteiger partial charge in [-0.25, -0.2) is 0 Å². The number of carbonyl (C=O) groups excluding carboxylic acids is 3. The molecule has 1 aliphatic carbocycles. The molecule has 0 unspecified atom stereocenters. The molecule has 2 aliphatic rings. The number of aromatic hydroxyl groups is 2. The number of phenols is 2. The average molecular weight is 451 g/mol. The normalized spacial score (nSPS) is 20.7. The van der Waals surface area contributed by atoms with Crippen molar-refractivity contribution in [2.45, 2.75) is 53.5 Å². The number of Topliss-reactive ketones (excluding diaryl/α,β-unsaturated/α-hetero) is 2. The van der Waals surface area contributed by atoms with Crippen molar-refractivity contribution in [3.05, 3.63) is 56.7 Å². The predicted molar refractivity (Wildman–Crippen MR) is 118 cm³/mol. The Morgan fingerprint density at radius 3 is 2.42 bits per heavy atom. The first-order chi connectivity index (χ1) is 15.4. The Balaban J connectivity index is 1.85. The summed E-state index contributed by atoms with van der Waals surface area (Å²) < 4.78 is 5.77. The summed E-state index contributed by atoms with van der Waals surface area (Å²) in [7, 11) is 0. The van der Waals surface area contributed by atoms with Crippen molar-refractivity contribution in [2.75, 3.05) is 0 Å². The van der Waals surface area contributed by atoms with E-state index in [-0.39, 0.29) is 39.5 Å². The molecule has 9 nitrogen and oxygen atoms in total. The van der Waals surface area contributed by atoms with Gasteiger partial charge in [0.2, 0.25) is 0 Å². The number of rotatable bonds is 4. The lowest BCUT2D eigenvalue weighted by atomic mass is 9.70. The molecule has 172 valence electrons. The second-order valence-electron chi connectivity index (χ2n) is 8.65. The van der Waals surface area contributed by atoms with Crippen LogP contribution in [-0.2, 0) is 21.5 Å². The molecule has 1 aromatic carbocycles. The molecule has 0 bridgehead atoms. The van der Waals surface area contributed by atoms with Crippen LogP contribution in [-0.4, -0.2) is 37.8 Å². The van der Waals surface area contributed by atoms with Crippen molar-refractivity contribution in [1.82, 2.24) is 15.5 Å². The third kappa shape index (κ3) is 2.99. The quantitative estimate of drug-likeness (QED) is 0.316. The molecule has 0 spiro atoms. The first-order valence-corrected chi connectivity index (χ1v) is 10.4. The van der Waals surface area contributed by atoms with Crippen LogP contribution in [0.3, 0.4) is 0 Å². The van der Waals surface area contributed by atoms with Crippen molar-refractivity contribution in [2.24, 2.45) is 0 Å². The summed E-state index contributed by atoms with van der Waals surface area (Å²) in [6.07, 6.45) is 1.20. The lowest BCUT2D eigenvalue weighted by Crippen LogP contribution is -2.41. The molecule has 0 amide bonds. The van der Waals surface area contributed by atoms with Gasteiger partial charge in [0, 0.05) is 35.1 Å². The van der Waals surface area contributed by atoms with Crippen LogP contribution >= 0.6 is 0 Å². The Bertz CT molecular complexity index is 1310. The molecule has 1 atom stereocenters. The number of nitrogens with one attached hydrogen (secondary N) is 2. The Morgan fingerprint density at radius 1 is 1.18 bits per heavy atom. The highest BCUT2D eigenvalue weighted by Gasteiger charge is 2.56. The summed E-state index contributed by atoms with van der Waals surface area (Å²) in [6, 6.07) is 0. The summed E-state index contributed by atoms with van der Waals surface area (Å²) in [5.74, 6) is -2.47. The molecular formula is C24H25N3O6. The molecule has 4 rings (SSSR count). The Labute approximate surface area is 190 Å². The minimum Gasteiger partial charge on any atom is -0.507 e. The minimum atomic E-state index is -1.53. The highest BCUT2D eigenvalue weighted by atomic mass is 16.5. The Hall–Kier alpha value is -3.88. The molecule has 2 heterocycles. The molecule has 0 saturated carbocycles. The third-order valence-electron chi connectivity index (χ3n) is 6.57. The molecule has 2 aromatic rings. The minimum absolute atomic E-state index is 0.00775. The van der Waals surface area contributed by atoms with E-state index in [4.69, 9.17) is 4.74 Å². The van der Waals surface area contributed by atoms with Gasteiger partial charge in [-0.15, -0.1) is 0 Å². The highest BCUT2D eigenvalue weighted by Crippen LogP contribution is 2.57. The maximum atomic E-state index is 13.8. The summed E-state index contributed by atoms with van der Waals surface area (Å²) in [5.41, 5.74) is 1.38. The van der Waals surface area contributed by atoms with E-state index < -0.39 is 28.5 Å². The number of hydrogen-bond donors (Lipinski definition) is 4. The van der Waals surface area contributed by atoms with E-state index in [1.807, 2.05) is 13.8 Å². The van der Waals surface area contributed by atoms with Crippen molar-refractivity contribution in [3.8, 4) is 17.2 Å². The van der Waals surface area contributed by atoms with Crippen molar-refractivity contribution >= 4 is 17.3 Å². The zero-order chi connectivity index (χ0) is 24.4. The van der Waals surface area contributed by atoms with Crippen LogP contribution in [0.5, 0.6) is 17.2 Å². The molecule has 1 aromatic heterocycles. The van der Waals surface area contributed by atoms with Crippen LogP contribution in [0.2, 0.25) is 0 Å². The molecule has 1 aliphatic heterocycles. The molecule has 4 N–H and O–H groups in total. The number of aromatic amines is 1. The van der Waals surface area contributed by atoms with Crippen LogP contribution < -0.4 is 10.1 Å². The van der Waals surface area contributed by atoms with Gasteiger partial charge in [-0.3, -0.25) is 19.5 Å². The standard InChI is InChI=1S/C24H25N3O6/c1-9-20(30)18(13(5)28)22-19(21(9)31)24(6)16(33-22)7-15(29)17(23(24)32)12(4)25-8-14-10(2)26-27-11(14)3/h7,25,30-31H,8H2,1-6H3,(H,26,27)/b17-12+/t24-/m1/s1. The number of ketones is 3. The Morgan fingerprint density at radius 2 is 1.85 bits per heavy atom. The van der Waals surface area contributed by atoms with E-state index in [9.17, 15) is 24.6 Å². The number of aryl methyl sites for hydroxylation is 2. The fourth-order valence-corrected chi connectivity index (χ4v) is 4.51. The van der Waals surface area contributed by atoms with Gasteiger partial charge in [0.15, 0.2) is 17.3 Å². The van der Waals surface area contributed by atoms with Crippen LogP contribution in [0.1, 0.15) is 59.2 Å². The van der Waals surface area contributed by atoms with Gasteiger partial charge in [-0.2, -0.15) is 5.10 Å². The number of nitrogens with zero attached hydrogens (tertiary/aromatic N) is 1. The molecular weight excluding hydrogens is 426 g/mol. The molecule has 9 heteroatoms. The van der Waals surface area contributed by atoms with Gasteiger partial charge in [-0.05, 0) is 41.5 Å². The highest BCUT2D eigenvalue weighted by molar-refractivity contribution is 6.31. The molecule has 0 saturated heterocycles.